The monoisotopic (exact) mass is 777 g/mol. The van der Waals surface area contributed by atoms with Crippen LogP contribution in [0.15, 0.2) is 182 Å². The van der Waals surface area contributed by atoms with Gasteiger partial charge in [0.05, 0.1) is 47.2 Å². The Hall–Kier alpha value is -8.10. The maximum atomic E-state index is 8.63. The van der Waals surface area contributed by atoms with E-state index in [1.54, 1.807) is 24.5 Å². The summed E-state index contributed by atoms with van der Waals surface area (Å²) >= 11 is 0. The highest BCUT2D eigenvalue weighted by Gasteiger charge is 2.16. The van der Waals surface area contributed by atoms with Crippen molar-refractivity contribution >= 4 is 43.6 Å². The Kier molecular flexibility index (Phi) is 8.14. The molecule has 6 aromatic carbocycles. The third-order valence-corrected chi connectivity index (χ3v) is 10.9. The van der Waals surface area contributed by atoms with Crippen LogP contribution in [0, 0.1) is 13.8 Å². The lowest BCUT2D eigenvalue weighted by Crippen LogP contribution is -1.97. The van der Waals surface area contributed by atoms with Crippen LogP contribution in [0.5, 0.6) is 23.0 Å². The minimum Gasteiger partial charge on any atom is -0.457 e. The number of rotatable bonds is 8. The zero-order valence-electron chi connectivity index (χ0n) is 33.7. The Bertz CT molecular complexity index is 3480. The summed E-state index contributed by atoms with van der Waals surface area (Å²) in [5.41, 5.74) is 9.34. The van der Waals surface area contributed by atoms with Crippen molar-refractivity contribution in [2.45, 2.75) is 13.8 Å². The Morgan fingerprint density at radius 1 is 0.417 bits per heavy atom. The summed E-state index contributed by atoms with van der Waals surface area (Å²) in [6.45, 7) is 4.14. The summed E-state index contributed by atoms with van der Waals surface area (Å²) in [7, 11) is 0. The van der Waals surface area contributed by atoms with Gasteiger partial charge in [-0.2, -0.15) is 0 Å². The summed E-state index contributed by atoms with van der Waals surface area (Å²) in [6.07, 6.45) is 7.16. The van der Waals surface area contributed by atoms with Gasteiger partial charge in [-0.1, -0.05) is 60.6 Å². The first-order valence-electron chi connectivity index (χ1n) is 20.2. The van der Waals surface area contributed by atoms with Crippen molar-refractivity contribution in [3.05, 3.63) is 194 Å². The van der Waals surface area contributed by atoms with Gasteiger partial charge in [-0.3, -0.25) is 19.1 Å². The average Bonchev–Trinajstić information content (AvgIpc) is 3.78. The fourth-order valence-corrected chi connectivity index (χ4v) is 8.08. The zero-order valence-corrected chi connectivity index (χ0v) is 32.7. The van der Waals surface area contributed by atoms with E-state index in [0.29, 0.717) is 40.4 Å². The topological polar surface area (TPSA) is 79.9 Å². The van der Waals surface area contributed by atoms with Crippen LogP contribution in [0.2, 0.25) is 0 Å². The number of hydrogen-bond donors (Lipinski definition) is 0. The van der Waals surface area contributed by atoms with E-state index in [1.807, 2.05) is 79.1 Å². The van der Waals surface area contributed by atoms with E-state index in [1.165, 1.54) is 0 Å². The number of aryl methyl sites for hydroxylation is 2. The van der Waals surface area contributed by atoms with Crippen molar-refractivity contribution < 1.29 is 10.8 Å². The summed E-state index contributed by atoms with van der Waals surface area (Å²) in [6, 6.07) is 50.7. The molecule has 0 aliphatic rings. The Labute approximate surface area is 347 Å². The maximum absolute atomic E-state index is 8.63. The lowest BCUT2D eigenvalue weighted by molar-refractivity contribution is 0.483. The molecule has 0 unspecified atom stereocenters. The number of pyridine rings is 2. The van der Waals surface area contributed by atoms with Crippen molar-refractivity contribution in [1.29, 1.82) is 0 Å². The fourth-order valence-electron chi connectivity index (χ4n) is 8.08. The second kappa shape index (κ2) is 14.4. The smallest absolute Gasteiger partial charge is 0.137 e. The number of aromatic nitrogens is 6. The van der Waals surface area contributed by atoms with E-state index >= 15 is 0 Å². The molecule has 11 aromatic rings. The Balaban J connectivity index is 0.863. The van der Waals surface area contributed by atoms with Gasteiger partial charge in [0.1, 0.15) is 34.6 Å². The summed E-state index contributed by atoms with van der Waals surface area (Å²) in [5.74, 6) is 4.27. The molecule has 11 rings (SSSR count). The summed E-state index contributed by atoms with van der Waals surface area (Å²) in [4.78, 5) is 19.0. The summed E-state index contributed by atoms with van der Waals surface area (Å²) in [5, 5.41) is 4.52. The van der Waals surface area contributed by atoms with Gasteiger partial charge in [0.2, 0.25) is 0 Å². The van der Waals surface area contributed by atoms with Gasteiger partial charge < -0.3 is 9.47 Å². The first-order valence-corrected chi connectivity index (χ1v) is 19.7. The third kappa shape index (κ3) is 6.27. The number of para-hydroxylation sites is 2. The van der Waals surface area contributed by atoms with Crippen LogP contribution in [-0.4, -0.2) is 29.1 Å². The van der Waals surface area contributed by atoms with Crippen LogP contribution in [0.25, 0.3) is 77.8 Å². The standard InChI is InChI=1S/C52H36N6O2/c1-33-21-23-53-51(25-33)57-47-15-5-3-13-41(47)43-19-17-39(29-49(43)57)59-37-11-7-9-35(27-37)45-31-56-46(32-55-45)36-10-8-12-38(28-36)60-40-18-20-44-42-14-4-6-16-48(42)58(50(44)30-40)52-26-34(2)22-24-54-52/h3-32H,1-2H3/i7D. The lowest BCUT2D eigenvalue weighted by Gasteiger charge is -2.11. The number of benzene rings is 6. The van der Waals surface area contributed by atoms with Crippen LogP contribution in [0.1, 0.15) is 12.5 Å². The van der Waals surface area contributed by atoms with Gasteiger partial charge in [0.25, 0.3) is 0 Å². The molecule has 8 heteroatoms. The highest BCUT2D eigenvalue weighted by atomic mass is 16.5. The second-order valence-electron chi connectivity index (χ2n) is 14.9. The zero-order chi connectivity index (χ0) is 41.0. The van der Waals surface area contributed by atoms with E-state index in [9.17, 15) is 0 Å². The van der Waals surface area contributed by atoms with Crippen LogP contribution in [0.4, 0.5) is 0 Å². The molecule has 0 bridgehead atoms. The Morgan fingerprint density at radius 2 is 0.900 bits per heavy atom. The fraction of sp³-hybridized carbons (Fsp3) is 0.0385. The Morgan fingerprint density at radius 3 is 1.43 bits per heavy atom. The number of nitrogens with zero attached hydrogens (tertiary/aromatic N) is 6. The third-order valence-electron chi connectivity index (χ3n) is 10.9. The molecule has 5 aromatic heterocycles. The number of fused-ring (bicyclic) bond motifs is 6. The molecule has 0 N–H and O–H groups in total. The van der Waals surface area contributed by atoms with Gasteiger partial charge in [-0.05, 0) is 110 Å². The molecular formula is C52H36N6O2. The number of hydrogen-bond acceptors (Lipinski definition) is 6. The van der Waals surface area contributed by atoms with E-state index < -0.39 is 0 Å². The van der Waals surface area contributed by atoms with E-state index in [2.05, 4.69) is 95.8 Å². The quantitative estimate of drug-likeness (QED) is 0.153. The van der Waals surface area contributed by atoms with Crippen LogP contribution in [0.3, 0.4) is 0 Å². The van der Waals surface area contributed by atoms with E-state index in [4.69, 9.17) is 30.8 Å². The maximum Gasteiger partial charge on any atom is 0.137 e. The second-order valence-corrected chi connectivity index (χ2v) is 14.9. The molecule has 5 heterocycles. The first kappa shape index (κ1) is 34.0. The van der Waals surface area contributed by atoms with Gasteiger partial charge in [-0.15, -0.1) is 0 Å². The first-order chi connectivity index (χ1) is 29.9. The van der Waals surface area contributed by atoms with Crippen LogP contribution >= 0.6 is 0 Å². The van der Waals surface area contributed by atoms with Crippen molar-refractivity contribution in [3.63, 3.8) is 0 Å². The largest absolute Gasteiger partial charge is 0.457 e. The van der Waals surface area contributed by atoms with Gasteiger partial charge >= 0.3 is 0 Å². The van der Waals surface area contributed by atoms with E-state index in [-0.39, 0.29) is 0 Å². The summed E-state index contributed by atoms with van der Waals surface area (Å²) < 4.78 is 25.9. The van der Waals surface area contributed by atoms with Crippen molar-refractivity contribution in [1.82, 2.24) is 29.1 Å². The van der Waals surface area contributed by atoms with Gasteiger partial charge in [0.15, 0.2) is 0 Å². The van der Waals surface area contributed by atoms with Gasteiger partial charge in [-0.25, -0.2) is 9.97 Å². The molecular weight excluding hydrogens is 741 g/mol. The molecule has 0 spiro atoms. The molecule has 8 nitrogen and oxygen atoms in total. The molecule has 0 atom stereocenters. The predicted molar refractivity (Wildman–Crippen MR) is 240 cm³/mol. The van der Waals surface area contributed by atoms with Crippen LogP contribution in [-0.2, 0) is 0 Å². The molecule has 0 saturated carbocycles. The predicted octanol–water partition coefficient (Wildman–Crippen LogP) is 13.0. The minimum atomic E-state index is 0.302. The SMILES string of the molecule is [2H]c1cc(Oc2ccc3c4ccccc4n(-c4cc(C)ccn4)c3c2)cc(-c2cnc(-c3cccc(Oc4ccc5c6ccccc6n(-c6cc(C)ccn6)c5c4)c3)cn2)c1. The van der Waals surface area contributed by atoms with Crippen molar-refractivity contribution in [2.24, 2.45) is 0 Å². The average molecular weight is 778 g/mol. The van der Waals surface area contributed by atoms with Crippen molar-refractivity contribution in [3.8, 4) is 57.1 Å². The normalized spacial score (nSPS) is 11.7. The molecule has 0 radical (unpaired) electrons. The molecule has 0 aliphatic carbocycles. The highest BCUT2D eigenvalue weighted by Crippen LogP contribution is 2.37. The molecule has 0 aliphatic heterocycles. The lowest BCUT2D eigenvalue weighted by atomic mass is 10.1. The number of ether oxygens (including phenoxy) is 2. The van der Waals surface area contributed by atoms with Crippen LogP contribution < -0.4 is 9.47 Å². The van der Waals surface area contributed by atoms with E-state index in [0.717, 1.165) is 77.5 Å². The molecule has 286 valence electrons. The van der Waals surface area contributed by atoms with Gasteiger partial charge in [0, 0.05) is 57.2 Å². The highest BCUT2D eigenvalue weighted by molar-refractivity contribution is 6.10. The molecule has 0 saturated heterocycles. The molecule has 60 heavy (non-hydrogen) atoms. The van der Waals surface area contributed by atoms with Crippen molar-refractivity contribution in [2.75, 3.05) is 0 Å². The minimum absolute atomic E-state index is 0.302. The molecule has 0 fully saturated rings. The molecule has 0 amide bonds.